The van der Waals surface area contributed by atoms with Crippen LogP contribution in [0, 0.1) is 0 Å². The van der Waals surface area contributed by atoms with Crippen LogP contribution in [0.3, 0.4) is 0 Å². The van der Waals surface area contributed by atoms with E-state index in [0.29, 0.717) is 5.56 Å². The minimum Gasteiger partial charge on any atom is -0.378 e. The summed E-state index contributed by atoms with van der Waals surface area (Å²) in [5.74, 6) is -0.221. The summed E-state index contributed by atoms with van der Waals surface area (Å²) >= 11 is 0. The highest BCUT2D eigenvalue weighted by molar-refractivity contribution is 5.95. The van der Waals surface area contributed by atoms with Crippen LogP contribution in [-0.2, 0) is 0 Å². The van der Waals surface area contributed by atoms with Crippen LogP contribution in [0.2, 0.25) is 0 Å². The Bertz CT molecular complexity index is 701. The average molecular weight is 338 g/mol. The fourth-order valence-electron chi connectivity index (χ4n) is 2.50. The zero-order valence-corrected chi connectivity index (χ0v) is 15.4. The molecule has 0 fully saturated rings. The molecular weight excluding hydrogens is 312 g/mol. The fraction of sp³-hybridized carbons (Fsp3) is 0.300. The van der Waals surface area contributed by atoms with Crippen LogP contribution >= 0.6 is 0 Å². The van der Waals surface area contributed by atoms with Crippen LogP contribution in [0.25, 0.3) is 0 Å². The molecule has 2 aromatic carbocycles. The van der Waals surface area contributed by atoms with Gasteiger partial charge < -0.3 is 9.80 Å². The van der Waals surface area contributed by atoms with Gasteiger partial charge in [-0.25, -0.2) is 5.43 Å². The summed E-state index contributed by atoms with van der Waals surface area (Å²) in [5.41, 5.74) is 6.33. The van der Waals surface area contributed by atoms with Crippen molar-refractivity contribution in [3.8, 4) is 0 Å². The average Bonchev–Trinajstić information content (AvgIpc) is 2.64. The van der Waals surface area contributed by atoms with Gasteiger partial charge in [0.05, 0.1) is 6.21 Å². The third-order valence-electron chi connectivity index (χ3n) is 4.05. The number of rotatable bonds is 7. The number of anilines is 2. The molecular formula is C20H26N4O. The Balaban J connectivity index is 1.94. The molecule has 1 N–H and O–H groups in total. The molecule has 0 saturated carbocycles. The van der Waals surface area contributed by atoms with Crippen molar-refractivity contribution in [1.29, 1.82) is 0 Å². The molecule has 0 saturated heterocycles. The van der Waals surface area contributed by atoms with Crippen LogP contribution in [-0.4, -0.2) is 39.3 Å². The SMILES string of the molecule is CCN(CC)c1ccc(/C=N/NC(=O)c2ccc(N(C)C)cc2)cc1. The molecule has 0 aliphatic carbocycles. The lowest BCUT2D eigenvalue weighted by atomic mass is 10.2. The van der Waals surface area contributed by atoms with Gasteiger partial charge in [-0.2, -0.15) is 5.10 Å². The molecule has 0 bridgehead atoms. The molecule has 5 heteroatoms. The zero-order valence-electron chi connectivity index (χ0n) is 15.4. The van der Waals surface area contributed by atoms with E-state index in [9.17, 15) is 4.79 Å². The largest absolute Gasteiger partial charge is 0.378 e. The van der Waals surface area contributed by atoms with Gasteiger partial charge in [0.2, 0.25) is 0 Å². The number of amides is 1. The summed E-state index contributed by atoms with van der Waals surface area (Å²) in [6, 6.07) is 15.5. The first-order valence-corrected chi connectivity index (χ1v) is 8.51. The van der Waals surface area contributed by atoms with Crippen molar-refractivity contribution in [2.45, 2.75) is 13.8 Å². The molecule has 0 unspecified atom stereocenters. The van der Waals surface area contributed by atoms with E-state index in [2.05, 4.69) is 41.4 Å². The molecule has 0 aromatic heterocycles. The highest BCUT2D eigenvalue weighted by atomic mass is 16.2. The first-order valence-electron chi connectivity index (χ1n) is 8.51. The zero-order chi connectivity index (χ0) is 18.2. The van der Waals surface area contributed by atoms with Gasteiger partial charge in [-0.1, -0.05) is 12.1 Å². The number of benzene rings is 2. The number of carbonyl (C=O) groups excluding carboxylic acids is 1. The molecule has 0 aliphatic heterocycles. The van der Waals surface area contributed by atoms with Gasteiger partial charge in [0.1, 0.15) is 0 Å². The maximum Gasteiger partial charge on any atom is 0.271 e. The molecule has 5 nitrogen and oxygen atoms in total. The molecule has 2 rings (SSSR count). The summed E-state index contributed by atoms with van der Waals surface area (Å²) < 4.78 is 0. The molecule has 132 valence electrons. The van der Waals surface area contributed by atoms with Crippen LogP contribution < -0.4 is 15.2 Å². The number of hydrazone groups is 1. The molecule has 0 radical (unpaired) electrons. The topological polar surface area (TPSA) is 47.9 Å². The minimum atomic E-state index is -0.221. The van der Waals surface area contributed by atoms with E-state index < -0.39 is 0 Å². The van der Waals surface area contributed by atoms with Gasteiger partial charge in [0.25, 0.3) is 5.91 Å². The molecule has 25 heavy (non-hydrogen) atoms. The first kappa shape index (κ1) is 18.5. The highest BCUT2D eigenvalue weighted by Gasteiger charge is 2.04. The summed E-state index contributed by atoms with van der Waals surface area (Å²) in [5, 5.41) is 4.04. The standard InChI is InChI=1S/C20H26N4O/c1-5-24(6-2)19-11-7-16(8-12-19)15-21-22-20(25)17-9-13-18(14-10-17)23(3)4/h7-15H,5-6H2,1-4H3,(H,22,25)/b21-15+. The number of carbonyl (C=O) groups is 1. The van der Waals surface area contributed by atoms with Gasteiger partial charge in [0, 0.05) is 44.1 Å². The summed E-state index contributed by atoms with van der Waals surface area (Å²) in [4.78, 5) is 16.4. The second kappa shape index (κ2) is 8.87. The lowest BCUT2D eigenvalue weighted by Gasteiger charge is -2.20. The fourth-order valence-corrected chi connectivity index (χ4v) is 2.50. The number of nitrogens with one attached hydrogen (secondary N) is 1. The normalized spacial score (nSPS) is 10.7. The summed E-state index contributed by atoms with van der Waals surface area (Å²) in [7, 11) is 3.93. The Kier molecular flexibility index (Phi) is 6.57. The van der Waals surface area contributed by atoms with Crippen molar-refractivity contribution in [1.82, 2.24) is 5.43 Å². The third-order valence-corrected chi connectivity index (χ3v) is 4.05. The van der Waals surface area contributed by atoms with Gasteiger partial charge in [-0.3, -0.25) is 4.79 Å². The van der Waals surface area contributed by atoms with Crippen molar-refractivity contribution in [3.63, 3.8) is 0 Å². The Hall–Kier alpha value is -2.82. The summed E-state index contributed by atoms with van der Waals surface area (Å²) in [6.07, 6.45) is 1.65. The molecule has 0 aliphatic rings. The predicted octanol–water partition coefficient (Wildman–Crippen LogP) is 3.36. The molecule has 1 amide bonds. The maximum absolute atomic E-state index is 12.1. The van der Waals surface area contributed by atoms with Crippen LogP contribution in [0.5, 0.6) is 0 Å². The Morgan fingerprint density at radius 3 is 2.04 bits per heavy atom. The van der Waals surface area contributed by atoms with E-state index in [4.69, 9.17) is 0 Å². The number of nitrogens with zero attached hydrogens (tertiary/aromatic N) is 3. The van der Waals surface area contributed by atoms with Crippen molar-refractivity contribution < 1.29 is 4.79 Å². The Morgan fingerprint density at radius 2 is 1.52 bits per heavy atom. The third kappa shape index (κ3) is 5.08. The van der Waals surface area contributed by atoms with Crippen LogP contribution in [0.4, 0.5) is 11.4 Å². The molecule has 0 spiro atoms. The second-order valence-electron chi connectivity index (χ2n) is 5.90. The van der Waals surface area contributed by atoms with E-state index in [1.807, 2.05) is 43.3 Å². The van der Waals surface area contributed by atoms with E-state index in [1.165, 1.54) is 5.69 Å². The van der Waals surface area contributed by atoms with Crippen LogP contribution in [0.15, 0.2) is 53.6 Å². The first-order chi connectivity index (χ1) is 12.0. The highest BCUT2D eigenvalue weighted by Crippen LogP contribution is 2.14. The van der Waals surface area contributed by atoms with Crippen molar-refractivity contribution in [3.05, 3.63) is 59.7 Å². The Labute approximate surface area is 150 Å². The number of hydrogen-bond acceptors (Lipinski definition) is 4. The smallest absolute Gasteiger partial charge is 0.271 e. The van der Waals surface area contributed by atoms with Crippen molar-refractivity contribution in [2.24, 2.45) is 5.10 Å². The van der Waals surface area contributed by atoms with Crippen LogP contribution in [0.1, 0.15) is 29.8 Å². The van der Waals surface area contributed by atoms with E-state index in [1.54, 1.807) is 18.3 Å². The molecule has 0 heterocycles. The van der Waals surface area contributed by atoms with Gasteiger partial charge in [0.15, 0.2) is 0 Å². The Morgan fingerprint density at radius 1 is 0.960 bits per heavy atom. The minimum absolute atomic E-state index is 0.221. The van der Waals surface area contributed by atoms with E-state index >= 15 is 0 Å². The van der Waals surface area contributed by atoms with Gasteiger partial charge in [-0.05, 0) is 55.8 Å². The van der Waals surface area contributed by atoms with E-state index in [-0.39, 0.29) is 5.91 Å². The maximum atomic E-state index is 12.1. The predicted molar refractivity (Wildman–Crippen MR) is 106 cm³/mol. The second-order valence-corrected chi connectivity index (χ2v) is 5.90. The van der Waals surface area contributed by atoms with Crippen molar-refractivity contribution in [2.75, 3.05) is 37.0 Å². The van der Waals surface area contributed by atoms with Gasteiger partial charge >= 0.3 is 0 Å². The molecule has 0 atom stereocenters. The lowest BCUT2D eigenvalue weighted by Crippen LogP contribution is -2.21. The van der Waals surface area contributed by atoms with E-state index in [0.717, 1.165) is 24.3 Å². The quantitative estimate of drug-likeness (QED) is 0.622. The monoisotopic (exact) mass is 338 g/mol. The van der Waals surface area contributed by atoms with Gasteiger partial charge in [-0.15, -0.1) is 0 Å². The molecule has 2 aromatic rings. The lowest BCUT2D eigenvalue weighted by molar-refractivity contribution is 0.0955. The number of hydrogen-bond donors (Lipinski definition) is 1. The van der Waals surface area contributed by atoms with Crippen molar-refractivity contribution >= 4 is 23.5 Å². The summed E-state index contributed by atoms with van der Waals surface area (Å²) in [6.45, 7) is 6.23.